The van der Waals surface area contributed by atoms with Crippen LogP contribution in [0, 0.1) is 5.82 Å². The molecule has 0 aliphatic carbocycles. The van der Waals surface area contributed by atoms with E-state index in [9.17, 15) is 4.39 Å². The van der Waals surface area contributed by atoms with Crippen molar-refractivity contribution in [1.82, 2.24) is 19.9 Å². The van der Waals surface area contributed by atoms with E-state index in [-0.39, 0.29) is 11.7 Å². The standard InChI is InChI=1S/C23H20FN7/c1-13(2)16-11-26-21(14-3-5-15(24)6-4-14)30-22(16)29-19-7-9-25-23-20(19)17(12-27-23)18-8-10-28-31-18/h3-7,9-13H,8H2,1-2H3,(H2,25,26,27,29,30). The number of fused-ring (bicyclic) bond motifs is 1. The Balaban J connectivity index is 1.60. The molecule has 0 fully saturated rings. The lowest BCUT2D eigenvalue weighted by atomic mass is 10.0. The van der Waals surface area contributed by atoms with Crippen LogP contribution < -0.4 is 5.32 Å². The van der Waals surface area contributed by atoms with Crippen LogP contribution >= 0.6 is 0 Å². The lowest BCUT2D eigenvalue weighted by Crippen LogP contribution is -2.05. The van der Waals surface area contributed by atoms with E-state index in [0.29, 0.717) is 18.1 Å². The number of hydrogen-bond donors (Lipinski definition) is 2. The largest absolute Gasteiger partial charge is 0.345 e. The number of benzene rings is 1. The van der Waals surface area contributed by atoms with Gasteiger partial charge in [0.25, 0.3) is 0 Å². The fourth-order valence-corrected chi connectivity index (χ4v) is 3.61. The molecule has 0 atom stereocenters. The van der Waals surface area contributed by atoms with Gasteiger partial charge in [-0.15, -0.1) is 0 Å². The number of aromatic nitrogens is 4. The number of hydrogen-bond acceptors (Lipinski definition) is 6. The molecule has 1 aliphatic heterocycles. The summed E-state index contributed by atoms with van der Waals surface area (Å²) in [6.07, 6.45) is 7.94. The predicted octanol–water partition coefficient (Wildman–Crippen LogP) is 5.20. The van der Waals surface area contributed by atoms with Gasteiger partial charge in [0.05, 0.1) is 16.8 Å². The van der Waals surface area contributed by atoms with E-state index in [1.807, 2.05) is 18.5 Å². The van der Waals surface area contributed by atoms with Crippen molar-refractivity contribution in [3.8, 4) is 11.4 Å². The highest BCUT2D eigenvalue weighted by Gasteiger charge is 2.18. The van der Waals surface area contributed by atoms with Crippen molar-refractivity contribution in [3.05, 3.63) is 65.9 Å². The summed E-state index contributed by atoms with van der Waals surface area (Å²) in [4.78, 5) is 16.9. The third-order valence-electron chi connectivity index (χ3n) is 5.22. The zero-order chi connectivity index (χ0) is 21.4. The summed E-state index contributed by atoms with van der Waals surface area (Å²) in [5, 5.41) is 12.6. The fourth-order valence-electron chi connectivity index (χ4n) is 3.61. The number of nitrogens with one attached hydrogen (secondary N) is 2. The molecule has 0 spiro atoms. The Labute approximate surface area is 178 Å². The first-order chi connectivity index (χ1) is 15.1. The Morgan fingerprint density at radius 1 is 1.10 bits per heavy atom. The fraction of sp³-hybridized carbons (Fsp3) is 0.174. The van der Waals surface area contributed by atoms with E-state index < -0.39 is 0 Å². The number of halogens is 1. The third-order valence-corrected chi connectivity index (χ3v) is 5.22. The van der Waals surface area contributed by atoms with Crippen molar-refractivity contribution in [2.75, 3.05) is 5.32 Å². The molecule has 2 N–H and O–H groups in total. The summed E-state index contributed by atoms with van der Waals surface area (Å²) < 4.78 is 13.3. The molecule has 0 unspecified atom stereocenters. The normalized spacial score (nSPS) is 13.2. The highest BCUT2D eigenvalue weighted by molar-refractivity contribution is 6.18. The SMILES string of the molecule is CC(C)c1cnc(-c2ccc(F)cc2)nc1Nc1ccnc2[nH]cc(C3=NN=CC3)c12. The average Bonchev–Trinajstić information content (AvgIpc) is 3.44. The van der Waals surface area contributed by atoms with Crippen molar-refractivity contribution >= 4 is 34.5 Å². The van der Waals surface area contributed by atoms with Gasteiger partial charge in [0.15, 0.2) is 5.82 Å². The number of nitrogens with zero attached hydrogens (tertiary/aromatic N) is 5. The maximum absolute atomic E-state index is 13.3. The van der Waals surface area contributed by atoms with Gasteiger partial charge in [-0.3, -0.25) is 0 Å². The summed E-state index contributed by atoms with van der Waals surface area (Å²) in [5.74, 6) is 1.15. The van der Waals surface area contributed by atoms with Gasteiger partial charge in [0.2, 0.25) is 0 Å². The van der Waals surface area contributed by atoms with Gasteiger partial charge in [-0.25, -0.2) is 19.3 Å². The molecule has 1 aromatic carbocycles. The van der Waals surface area contributed by atoms with E-state index in [4.69, 9.17) is 4.98 Å². The number of aromatic amines is 1. The van der Waals surface area contributed by atoms with Crippen LogP contribution in [0.4, 0.5) is 15.9 Å². The smallest absolute Gasteiger partial charge is 0.161 e. The van der Waals surface area contributed by atoms with Gasteiger partial charge in [-0.2, -0.15) is 10.2 Å². The molecule has 3 aromatic heterocycles. The molecule has 0 radical (unpaired) electrons. The predicted molar refractivity (Wildman–Crippen MR) is 121 cm³/mol. The van der Waals surface area contributed by atoms with Gasteiger partial charge in [-0.05, 0) is 36.2 Å². The van der Waals surface area contributed by atoms with Crippen LogP contribution in [-0.2, 0) is 0 Å². The van der Waals surface area contributed by atoms with E-state index >= 15 is 0 Å². The molecule has 4 aromatic rings. The van der Waals surface area contributed by atoms with Crippen molar-refractivity contribution in [2.24, 2.45) is 10.2 Å². The van der Waals surface area contributed by atoms with Gasteiger partial charge >= 0.3 is 0 Å². The van der Waals surface area contributed by atoms with Crippen molar-refractivity contribution in [1.29, 1.82) is 0 Å². The van der Waals surface area contributed by atoms with Gasteiger partial charge in [0, 0.05) is 47.9 Å². The quantitative estimate of drug-likeness (QED) is 0.470. The Morgan fingerprint density at radius 2 is 1.94 bits per heavy atom. The first-order valence-electron chi connectivity index (χ1n) is 10.0. The number of pyridine rings is 1. The lowest BCUT2D eigenvalue weighted by molar-refractivity contribution is 0.628. The number of H-pyrrole nitrogens is 1. The van der Waals surface area contributed by atoms with E-state index in [1.165, 1.54) is 12.1 Å². The maximum atomic E-state index is 13.3. The molecule has 0 saturated carbocycles. The highest BCUT2D eigenvalue weighted by atomic mass is 19.1. The summed E-state index contributed by atoms with van der Waals surface area (Å²) in [7, 11) is 0. The number of anilines is 2. The van der Waals surface area contributed by atoms with Gasteiger partial charge < -0.3 is 10.3 Å². The lowest BCUT2D eigenvalue weighted by Gasteiger charge is -2.15. The summed E-state index contributed by atoms with van der Waals surface area (Å²) in [5.41, 5.74) is 5.20. The van der Waals surface area contributed by atoms with Crippen LogP contribution in [0.3, 0.4) is 0 Å². The molecular formula is C23H20FN7. The van der Waals surface area contributed by atoms with Crippen LogP contribution in [-0.4, -0.2) is 31.9 Å². The first-order valence-corrected chi connectivity index (χ1v) is 10.0. The Kier molecular flexibility index (Phi) is 4.74. The van der Waals surface area contributed by atoms with Crippen molar-refractivity contribution in [3.63, 3.8) is 0 Å². The third kappa shape index (κ3) is 3.56. The first kappa shape index (κ1) is 19.0. The minimum Gasteiger partial charge on any atom is -0.345 e. The van der Waals surface area contributed by atoms with Crippen LogP contribution in [0.5, 0.6) is 0 Å². The zero-order valence-corrected chi connectivity index (χ0v) is 17.1. The molecule has 154 valence electrons. The highest BCUT2D eigenvalue weighted by Crippen LogP contribution is 2.32. The number of rotatable bonds is 5. The van der Waals surface area contributed by atoms with Crippen LogP contribution in [0.1, 0.15) is 37.3 Å². The Hall–Kier alpha value is -3.94. The topological polar surface area (TPSA) is 91.2 Å². The van der Waals surface area contributed by atoms with Gasteiger partial charge in [0.1, 0.15) is 17.3 Å². The molecule has 7 nitrogen and oxygen atoms in total. The zero-order valence-electron chi connectivity index (χ0n) is 17.1. The Morgan fingerprint density at radius 3 is 2.68 bits per heavy atom. The molecule has 1 aliphatic rings. The molecule has 8 heteroatoms. The average molecular weight is 413 g/mol. The molecule has 4 heterocycles. The molecule has 0 bridgehead atoms. The van der Waals surface area contributed by atoms with Gasteiger partial charge in [-0.1, -0.05) is 13.8 Å². The Bertz CT molecular complexity index is 1320. The van der Waals surface area contributed by atoms with Crippen LogP contribution in [0.15, 0.2) is 59.1 Å². The monoisotopic (exact) mass is 413 g/mol. The van der Waals surface area contributed by atoms with Crippen LogP contribution in [0.25, 0.3) is 22.4 Å². The minimum atomic E-state index is -0.293. The van der Waals surface area contributed by atoms with Crippen molar-refractivity contribution < 1.29 is 4.39 Å². The van der Waals surface area contributed by atoms with Crippen molar-refractivity contribution in [2.45, 2.75) is 26.2 Å². The maximum Gasteiger partial charge on any atom is 0.161 e. The molecular weight excluding hydrogens is 393 g/mol. The molecule has 5 rings (SSSR count). The van der Waals surface area contributed by atoms with E-state index in [1.54, 1.807) is 24.5 Å². The van der Waals surface area contributed by atoms with E-state index in [0.717, 1.165) is 39.1 Å². The summed E-state index contributed by atoms with van der Waals surface area (Å²) >= 11 is 0. The second-order valence-electron chi connectivity index (χ2n) is 7.62. The van der Waals surface area contributed by atoms with E-state index in [2.05, 4.69) is 44.3 Å². The molecule has 0 saturated heterocycles. The summed E-state index contributed by atoms with van der Waals surface area (Å²) in [6.45, 7) is 4.19. The molecule has 31 heavy (non-hydrogen) atoms. The second-order valence-corrected chi connectivity index (χ2v) is 7.62. The minimum absolute atomic E-state index is 0.209. The summed E-state index contributed by atoms with van der Waals surface area (Å²) in [6, 6.07) is 8.09. The second kappa shape index (κ2) is 7.71. The molecule has 0 amide bonds. The van der Waals surface area contributed by atoms with Crippen LogP contribution in [0.2, 0.25) is 0 Å².